The van der Waals surface area contributed by atoms with Crippen LogP contribution in [0, 0.1) is 34.8 Å². The molecular formula is C24H20F2N6OS. The molecule has 4 aromatic rings. The number of hydrogen-bond donors (Lipinski definition) is 1. The number of nitriles is 1. The molecule has 0 radical (unpaired) electrons. The van der Waals surface area contributed by atoms with Gasteiger partial charge in [0.1, 0.15) is 16.6 Å². The molecule has 5 heterocycles. The summed E-state index contributed by atoms with van der Waals surface area (Å²) in [6.45, 7) is 6.41. The van der Waals surface area contributed by atoms with Crippen molar-refractivity contribution in [3.63, 3.8) is 0 Å². The summed E-state index contributed by atoms with van der Waals surface area (Å²) in [7, 11) is 0. The fourth-order valence-electron chi connectivity index (χ4n) is 4.98. The standard InChI is InChI=1S/C24H20F2N6OS/c1-10-6-32(7-11(10)2)24-30-4-13-14-8-33-9-15(14)17(19(26)20(13)31-24)21-18-12(3-27)23(28)34-22(18)16(25)5-29-21/h4-5,10-11H,6-9,28H2,1-2H3. The Hall–Kier alpha value is -3.42. The van der Waals surface area contributed by atoms with Gasteiger partial charge in [-0.2, -0.15) is 5.26 Å². The summed E-state index contributed by atoms with van der Waals surface area (Å²) in [6.07, 6.45) is 2.70. The van der Waals surface area contributed by atoms with E-state index in [1.807, 2.05) is 6.07 Å². The van der Waals surface area contributed by atoms with E-state index >= 15 is 4.39 Å². The van der Waals surface area contributed by atoms with E-state index in [-0.39, 0.29) is 50.6 Å². The first-order valence-corrected chi connectivity index (χ1v) is 11.8. The Morgan fingerprint density at radius 1 is 1.15 bits per heavy atom. The number of halogens is 2. The van der Waals surface area contributed by atoms with Gasteiger partial charge in [0.15, 0.2) is 11.6 Å². The minimum atomic E-state index is -0.604. The summed E-state index contributed by atoms with van der Waals surface area (Å²) in [6, 6.07) is 2.03. The normalized spacial score (nSPS) is 19.8. The van der Waals surface area contributed by atoms with Crippen LogP contribution >= 0.6 is 11.3 Å². The molecule has 6 rings (SSSR count). The minimum absolute atomic E-state index is 0.0950. The highest BCUT2D eigenvalue weighted by Crippen LogP contribution is 2.45. The first-order chi connectivity index (χ1) is 16.4. The van der Waals surface area contributed by atoms with Gasteiger partial charge in [0.2, 0.25) is 5.95 Å². The third-order valence-corrected chi connectivity index (χ3v) is 8.03. The van der Waals surface area contributed by atoms with Crippen molar-refractivity contribution >= 4 is 43.3 Å². The van der Waals surface area contributed by atoms with Gasteiger partial charge in [0, 0.05) is 35.6 Å². The van der Waals surface area contributed by atoms with Crippen LogP contribution in [-0.4, -0.2) is 28.0 Å². The van der Waals surface area contributed by atoms with Crippen LogP contribution in [0.5, 0.6) is 0 Å². The molecule has 172 valence electrons. The molecule has 2 atom stereocenters. The number of hydrogen-bond acceptors (Lipinski definition) is 8. The summed E-state index contributed by atoms with van der Waals surface area (Å²) in [4.78, 5) is 15.5. The third kappa shape index (κ3) is 2.90. The molecule has 0 saturated carbocycles. The van der Waals surface area contributed by atoms with E-state index in [1.165, 1.54) is 0 Å². The van der Waals surface area contributed by atoms with E-state index < -0.39 is 11.6 Å². The Morgan fingerprint density at radius 2 is 1.88 bits per heavy atom. The van der Waals surface area contributed by atoms with Gasteiger partial charge in [0.25, 0.3) is 0 Å². The third-order valence-electron chi connectivity index (χ3n) is 7.00. The van der Waals surface area contributed by atoms with Crippen molar-refractivity contribution in [2.75, 3.05) is 23.7 Å². The molecule has 7 nitrogen and oxygen atoms in total. The van der Waals surface area contributed by atoms with E-state index in [9.17, 15) is 9.65 Å². The van der Waals surface area contributed by atoms with Crippen molar-refractivity contribution in [2.24, 2.45) is 11.8 Å². The number of aromatic nitrogens is 3. The molecule has 2 unspecified atom stereocenters. The van der Waals surface area contributed by atoms with Gasteiger partial charge in [-0.3, -0.25) is 4.98 Å². The predicted molar refractivity (Wildman–Crippen MR) is 126 cm³/mol. The molecule has 2 aliphatic rings. The molecule has 2 aliphatic heterocycles. The van der Waals surface area contributed by atoms with Crippen LogP contribution in [0.4, 0.5) is 19.7 Å². The van der Waals surface area contributed by atoms with Gasteiger partial charge in [-0.05, 0) is 23.0 Å². The molecule has 0 amide bonds. The summed E-state index contributed by atoms with van der Waals surface area (Å²) < 4.78 is 36.7. The summed E-state index contributed by atoms with van der Waals surface area (Å²) in [5.41, 5.74) is 7.98. The average molecular weight is 479 g/mol. The van der Waals surface area contributed by atoms with Crippen LogP contribution in [-0.2, 0) is 18.0 Å². The van der Waals surface area contributed by atoms with Gasteiger partial charge in [-0.25, -0.2) is 18.7 Å². The fourth-order valence-corrected chi connectivity index (χ4v) is 5.91. The molecule has 3 aromatic heterocycles. The number of fused-ring (bicyclic) bond motifs is 4. The zero-order valence-corrected chi connectivity index (χ0v) is 19.3. The molecule has 1 aromatic carbocycles. The van der Waals surface area contributed by atoms with Crippen LogP contribution < -0.4 is 10.6 Å². The Balaban J connectivity index is 1.65. The van der Waals surface area contributed by atoms with Crippen LogP contribution in [0.1, 0.15) is 30.5 Å². The van der Waals surface area contributed by atoms with E-state index in [0.717, 1.165) is 36.2 Å². The van der Waals surface area contributed by atoms with Crippen LogP contribution in [0.2, 0.25) is 0 Å². The molecule has 2 N–H and O–H groups in total. The second-order valence-electron chi connectivity index (χ2n) is 9.04. The number of rotatable bonds is 2. The molecule has 0 bridgehead atoms. The van der Waals surface area contributed by atoms with E-state index in [0.29, 0.717) is 28.7 Å². The number of nitrogens with zero attached hydrogens (tertiary/aromatic N) is 5. The maximum atomic E-state index is 16.3. The highest BCUT2D eigenvalue weighted by molar-refractivity contribution is 7.23. The topological polar surface area (TPSA) is 101 Å². The van der Waals surface area contributed by atoms with E-state index in [4.69, 9.17) is 10.5 Å². The lowest BCUT2D eigenvalue weighted by Gasteiger charge is -2.18. The molecular weight excluding hydrogens is 458 g/mol. The number of pyridine rings is 1. The summed E-state index contributed by atoms with van der Waals surface area (Å²) in [5, 5.41) is 10.7. The first kappa shape index (κ1) is 21.1. The van der Waals surface area contributed by atoms with E-state index in [2.05, 4.69) is 33.7 Å². The Bertz CT molecular complexity index is 1540. The van der Waals surface area contributed by atoms with Crippen LogP contribution in [0.25, 0.3) is 32.2 Å². The van der Waals surface area contributed by atoms with Gasteiger partial charge >= 0.3 is 0 Å². The quantitative estimate of drug-likeness (QED) is 0.443. The van der Waals surface area contributed by atoms with Gasteiger partial charge in [0.05, 0.1) is 35.4 Å². The van der Waals surface area contributed by atoms with Crippen LogP contribution in [0.3, 0.4) is 0 Å². The molecule has 34 heavy (non-hydrogen) atoms. The lowest BCUT2D eigenvalue weighted by molar-refractivity contribution is 0.135. The summed E-state index contributed by atoms with van der Waals surface area (Å²) in [5.74, 6) is 0.254. The maximum Gasteiger partial charge on any atom is 0.225 e. The van der Waals surface area contributed by atoms with Crippen molar-refractivity contribution in [1.82, 2.24) is 15.0 Å². The maximum absolute atomic E-state index is 16.3. The number of ether oxygens (including phenoxy) is 1. The highest BCUT2D eigenvalue weighted by atomic mass is 32.1. The van der Waals surface area contributed by atoms with Crippen molar-refractivity contribution in [3.8, 4) is 17.3 Å². The van der Waals surface area contributed by atoms with Crippen molar-refractivity contribution in [3.05, 3.63) is 40.7 Å². The van der Waals surface area contributed by atoms with Gasteiger partial charge < -0.3 is 15.4 Å². The number of nitrogens with two attached hydrogens (primary N) is 1. The molecule has 0 aliphatic carbocycles. The highest BCUT2D eigenvalue weighted by Gasteiger charge is 2.32. The SMILES string of the molecule is CC1CN(c2ncc3c4c(c(-c5ncc(F)c6sc(N)c(C#N)c56)c(F)c3n2)COC4)CC1C. The molecule has 1 saturated heterocycles. The van der Waals surface area contributed by atoms with Crippen molar-refractivity contribution in [2.45, 2.75) is 27.1 Å². The van der Waals surface area contributed by atoms with Crippen molar-refractivity contribution in [1.29, 1.82) is 5.26 Å². The number of anilines is 2. The Morgan fingerprint density at radius 3 is 2.62 bits per heavy atom. The second-order valence-corrected chi connectivity index (χ2v) is 10.1. The van der Waals surface area contributed by atoms with Gasteiger partial charge in [-0.15, -0.1) is 11.3 Å². The Labute approximate surface area is 197 Å². The van der Waals surface area contributed by atoms with Crippen molar-refractivity contribution < 1.29 is 13.5 Å². The number of benzene rings is 1. The van der Waals surface area contributed by atoms with Crippen LogP contribution in [0.15, 0.2) is 12.4 Å². The van der Waals surface area contributed by atoms with Gasteiger partial charge in [-0.1, -0.05) is 13.8 Å². The Kier molecular flexibility index (Phi) is 4.69. The molecule has 1 fully saturated rings. The second kappa shape index (κ2) is 7.55. The molecule has 0 spiro atoms. The predicted octanol–water partition coefficient (Wildman–Crippen LogP) is 4.76. The lowest BCUT2D eigenvalue weighted by atomic mass is 9.94. The average Bonchev–Trinajstić information content (AvgIpc) is 3.52. The smallest absolute Gasteiger partial charge is 0.225 e. The summed E-state index contributed by atoms with van der Waals surface area (Å²) >= 11 is 0.955. The van der Waals surface area contributed by atoms with E-state index in [1.54, 1.807) is 6.20 Å². The zero-order chi connectivity index (χ0) is 23.7. The number of thiophene rings is 1. The molecule has 10 heteroatoms. The fraction of sp³-hybridized carbons (Fsp3) is 0.333. The lowest BCUT2D eigenvalue weighted by Crippen LogP contribution is -2.22. The largest absolute Gasteiger partial charge is 0.389 e. The minimum Gasteiger partial charge on any atom is -0.389 e. The first-order valence-electron chi connectivity index (χ1n) is 11.0. The number of nitrogen functional groups attached to an aromatic ring is 1. The zero-order valence-electron chi connectivity index (χ0n) is 18.5. The monoisotopic (exact) mass is 478 g/mol.